The topological polar surface area (TPSA) is 129 Å². The van der Waals surface area contributed by atoms with Crippen molar-refractivity contribution in [1.82, 2.24) is 9.66 Å². The molecule has 2 aromatic carbocycles. The van der Waals surface area contributed by atoms with Crippen LogP contribution in [0.1, 0.15) is 12.5 Å². The molecule has 3 aromatic rings. The number of ether oxygens (including phenoxy) is 2. The van der Waals surface area contributed by atoms with Gasteiger partial charge in [0.25, 0.3) is 5.56 Å². The Labute approximate surface area is 157 Å². The van der Waals surface area contributed by atoms with Crippen molar-refractivity contribution in [3.8, 4) is 11.5 Å². The SMILES string of the molecule is CCOc1c(OC)cc(C=Nn2c(=O)[nH]c3ccccc3c2=O)cc1[N+](=O)[O-]. The predicted octanol–water partition coefficient (Wildman–Crippen LogP) is 1.89. The van der Waals surface area contributed by atoms with Crippen molar-refractivity contribution in [1.29, 1.82) is 0 Å². The summed E-state index contributed by atoms with van der Waals surface area (Å²) in [6.07, 6.45) is 1.16. The largest absolute Gasteiger partial charge is 0.493 e. The van der Waals surface area contributed by atoms with Crippen molar-refractivity contribution in [2.24, 2.45) is 5.10 Å². The molecule has 0 saturated heterocycles. The summed E-state index contributed by atoms with van der Waals surface area (Å²) in [6, 6.07) is 9.20. The molecule has 0 radical (unpaired) electrons. The van der Waals surface area contributed by atoms with Crippen molar-refractivity contribution in [2.75, 3.05) is 13.7 Å². The van der Waals surface area contributed by atoms with Gasteiger partial charge in [0.05, 0.1) is 35.8 Å². The second-order valence-corrected chi connectivity index (χ2v) is 5.60. The lowest BCUT2D eigenvalue weighted by molar-refractivity contribution is -0.385. The third-order valence-corrected chi connectivity index (χ3v) is 3.87. The molecule has 1 heterocycles. The van der Waals surface area contributed by atoms with Crippen molar-refractivity contribution >= 4 is 22.8 Å². The Morgan fingerprint density at radius 1 is 1.29 bits per heavy atom. The minimum atomic E-state index is -0.729. The van der Waals surface area contributed by atoms with Crippen molar-refractivity contribution in [3.63, 3.8) is 0 Å². The van der Waals surface area contributed by atoms with E-state index in [1.54, 1.807) is 31.2 Å². The van der Waals surface area contributed by atoms with E-state index in [1.807, 2.05) is 0 Å². The van der Waals surface area contributed by atoms with E-state index in [0.29, 0.717) is 10.2 Å². The highest BCUT2D eigenvalue weighted by Crippen LogP contribution is 2.37. The molecule has 0 bridgehead atoms. The molecule has 10 nitrogen and oxygen atoms in total. The molecule has 10 heteroatoms. The maximum absolute atomic E-state index is 12.5. The number of nitrogens with one attached hydrogen (secondary N) is 1. The molecule has 1 N–H and O–H groups in total. The number of aromatic nitrogens is 2. The second kappa shape index (κ2) is 7.74. The second-order valence-electron chi connectivity index (χ2n) is 5.60. The van der Waals surface area contributed by atoms with Gasteiger partial charge in [-0.25, -0.2) is 4.79 Å². The van der Waals surface area contributed by atoms with Crippen molar-refractivity contribution < 1.29 is 14.4 Å². The standard InChI is InChI=1S/C18H16N4O6/c1-3-28-16-14(22(25)26)8-11(9-15(16)27-2)10-19-21-17(23)12-6-4-5-7-13(12)20-18(21)24/h4-10H,3H2,1-2H3,(H,20,24). The van der Waals surface area contributed by atoms with Crippen LogP contribution < -0.4 is 20.7 Å². The first-order valence-corrected chi connectivity index (χ1v) is 8.24. The fraction of sp³-hybridized carbons (Fsp3) is 0.167. The first-order valence-electron chi connectivity index (χ1n) is 8.24. The quantitative estimate of drug-likeness (QED) is 0.392. The average Bonchev–Trinajstić information content (AvgIpc) is 2.68. The van der Waals surface area contributed by atoms with Crippen LogP contribution in [0.3, 0.4) is 0 Å². The highest BCUT2D eigenvalue weighted by atomic mass is 16.6. The van der Waals surface area contributed by atoms with Gasteiger partial charge in [0.2, 0.25) is 5.75 Å². The lowest BCUT2D eigenvalue weighted by Crippen LogP contribution is -2.32. The van der Waals surface area contributed by atoms with Crippen LogP contribution in [-0.2, 0) is 0 Å². The van der Waals surface area contributed by atoms with Crippen LogP contribution >= 0.6 is 0 Å². The predicted molar refractivity (Wildman–Crippen MR) is 103 cm³/mol. The molecular weight excluding hydrogens is 368 g/mol. The Hall–Kier alpha value is -3.95. The van der Waals surface area contributed by atoms with Gasteiger partial charge in [-0.1, -0.05) is 12.1 Å². The van der Waals surface area contributed by atoms with E-state index in [4.69, 9.17) is 9.47 Å². The van der Waals surface area contributed by atoms with E-state index in [0.717, 1.165) is 6.21 Å². The molecule has 0 unspecified atom stereocenters. The fourth-order valence-corrected chi connectivity index (χ4v) is 2.64. The van der Waals surface area contributed by atoms with E-state index in [9.17, 15) is 19.7 Å². The molecule has 3 rings (SSSR count). The Kier molecular flexibility index (Phi) is 5.21. The number of hydrogen-bond donors (Lipinski definition) is 1. The van der Waals surface area contributed by atoms with Crippen LogP contribution in [0.5, 0.6) is 11.5 Å². The van der Waals surface area contributed by atoms with Gasteiger partial charge in [-0.15, -0.1) is 4.68 Å². The average molecular weight is 384 g/mol. The molecule has 0 saturated carbocycles. The van der Waals surface area contributed by atoms with Gasteiger partial charge in [-0.05, 0) is 25.1 Å². The molecular formula is C18H16N4O6. The third-order valence-electron chi connectivity index (χ3n) is 3.87. The number of para-hydroxylation sites is 1. The van der Waals surface area contributed by atoms with Gasteiger partial charge in [-0.2, -0.15) is 5.10 Å². The zero-order valence-electron chi connectivity index (χ0n) is 15.0. The molecule has 1 aromatic heterocycles. The molecule has 0 amide bonds. The third kappa shape index (κ3) is 3.47. The zero-order chi connectivity index (χ0) is 20.3. The van der Waals surface area contributed by atoms with E-state index in [1.165, 1.54) is 19.2 Å². The number of nitro groups is 1. The minimum absolute atomic E-state index is 0.00660. The molecule has 0 fully saturated rings. The van der Waals surface area contributed by atoms with Gasteiger partial charge < -0.3 is 14.5 Å². The number of nitrogens with zero attached hydrogens (tertiary/aromatic N) is 3. The van der Waals surface area contributed by atoms with E-state index in [-0.39, 0.29) is 34.7 Å². The summed E-state index contributed by atoms with van der Waals surface area (Å²) in [5.74, 6) is 0.130. The number of methoxy groups -OCH3 is 1. The monoisotopic (exact) mass is 384 g/mol. The zero-order valence-corrected chi connectivity index (χ0v) is 15.0. The number of benzene rings is 2. The van der Waals surface area contributed by atoms with Crippen molar-refractivity contribution in [2.45, 2.75) is 6.92 Å². The van der Waals surface area contributed by atoms with Crippen LogP contribution in [0.25, 0.3) is 10.9 Å². The number of hydrogen-bond acceptors (Lipinski definition) is 7. The Balaban J connectivity index is 2.12. The van der Waals surface area contributed by atoms with E-state index in [2.05, 4.69) is 10.1 Å². The summed E-state index contributed by atoms with van der Waals surface area (Å²) >= 11 is 0. The summed E-state index contributed by atoms with van der Waals surface area (Å²) in [5.41, 5.74) is -1.01. The summed E-state index contributed by atoms with van der Waals surface area (Å²) in [5, 5.41) is 15.5. The Morgan fingerprint density at radius 2 is 2.04 bits per heavy atom. The van der Waals surface area contributed by atoms with Gasteiger partial charge in [0.15, 0.2) is 5.75 Å². The number of rotatable bonds is 6. The van der Waals surface area contributed by atoms with Crippen LogP contribution in [0.2, 0.25) is 0 Å². The van der Waals surface area contributed by atoms with Crippen LogP contribution in [0, 0.1) is 10.1 Å². The fourth-order valence-electron chi connectivity index (χ4n) is 2.64. The van der Waals surface area contributed by atoms with E-state index < -0.39 is 16.2 Å². The molecule has 28 heavy (non-hydrogen) atoms. The Bertz CT molecular complexity index is 1190. The molecule has 0 aliphatic rings. The van der Waals surface area contributed by atoms with Gasteiger partial charge in [0.1, 0.15) is 0 Å². The molecule has 0 spiro atoms. The number of H-pyrrole nitrogens is 1. The first kappa shape index (κ1) is 18.8. The van der Waals surface area contributed by atoms with Gasteiger partial charge >= 0.3 is 11.4 Å². The normalized spacial score (nSPS) is 11.1. The van der Waals surface area contributed by atoms with Crippen molar-refractivity contribution in [3.05, 3.63) is 72.9 Å². The summed E-state index contributed by atoms with van der Waals surface area (Å²) < 4.78 is 11.1. The maximum Gasteiger partial charge on any atom is 0.349 e. The summed E-state index contributed by atoms with van der Waals surface area (Å²) in [4.78, 5) is 37.9. The smallest absolute Gasteiger partial charge is 0.349 e. The number of fused-ring (bicyclic) bond motifs is 1. The van der Waals surface area contributed by atoms with Gasteiger partial charge in [-0.3, -0.25) is 14.9 Å². The van der Waals surface area contributed by atoms with Gasteiger partial charge in [0, 0.05) is 11.6 Å². The number of aromatic amines is 1. The van der Waals surface area contributed by atoms with Crippen LogP contribution in [0.4, 0.5) is 5.69 Å². The lowest BCUT2D eigenvalue weighted by atomic mass is 10.2. The highest BCUT2D eigenvalue weighted by molar-refractivity contribution is 5.83. The molecule has 144 valence electrons. The van der Waals surface area contributed by atoms with Crippen LogP contribution in [0.15, 0.2) is 51.1 Å². The Morgan fingerprint density at radius 3 is 2.71 bits per heavy atom. The molecule has 0 atom stereocenters. The summed E-state index contributed by atoms with van der Waals surface area (Å²) in [6.45, 7) is 1.91. The maximum atomic E-state index is 12.5. The van der Waals surface area contributed by atoms with E-state index >= 15 is 0 Å². The highest BCUT2D eigenvalue weighted by Gasteiger charge is 2.21. The minimum Gasteiger partial charge on any atom is -0.493 e. The summed E-state index contributed by atoms with van der Waals surface area (Å²) in [7, 11) is 1.35. The number of nitro benzene ring substituents is 1. The lowest BCUT2D eigenvalue weighted by Gasteiger charge is -2.10. The van der Waals surface area contributed by atoms with Crippen LogP contribution in [-0.4, -0.2) is 34.5 Å². The molecule has 0 aliphatic heterocycles. The first-order chi connectivity index (χ1) is 13.5. The molecule has 0 aliphatic carbocycles.